The second-order valence-corrected chi connectivity index (χ2v) is 5.21. The lowest BCUT2D eigenvalue weighted by molar-refractivity contribution is -0.122. The van der Waals surface area contributed by atoms with E-state index in [1.54, 1.807) is 0 Å². The van der Waals surface area contributed by atoms with E-state index in [4.69, 9.17) is 12.2 Å². The zero-order valence-corrected chi connectivity index (χ0v) is 11.0. The van der Waals surface area contributed by atoms with Crippen molar-refractivity contribution in [2.75, 3.05) is 0 Å². The molecule has 0 atom stereocenters. The predicted octanol–water partition coefficient (Wildman–Crippen LogP) is 2.36. The van der Waals surface area contributed by atoms with Gasteiger partial charge in [0, 0.05) is 12.0 Å². The average molecular weight is 242 g/mol. The molecular formula is C12H22N2OS. The lowest BCUT2D eigenvalue weighted by Gasteiger charge is -2.19. The quantitative estimate of drug-likeness (QED) is 0.577. The largest absolute Gasteiger partial charge is 0.360 e. The van der Waals surface area contributed by atoms with Crippen molar-refractivity contribution < 1.29 is 4.79 Å². The van der Waals surface area contributed by atoms with Gasteiger partial charge in [0.2, 0.25) is 5.91 Å². The third kappa shape index (κ3) is 4.92. The molecule has 1 rings (SSSR count). The van der Waals surface area contributed by atoms with Crippen LogP contribution >= 0.6 is 12.2 Å². The van der Waals surface area contributed by atoms with Crippen LogP contribution in [0.1, 0.15) is 52.4 Å². The molecule has 1 amide bonds. The molecule has 0 saturated heterocycles. The third-order valence-corrected chi connectivity index (χ3v) is 3.17. The van der Waals surface area contributed by atoms with Crippen LogP contribution in [0.15, 0.2) is 0 Å². The second-order valence-electron chi connectivity index (χ2n) is 4.81. The molecule has 2 N–H and O–H groups in total. The first kappa shape index (κ1) is 13.4. The molecule has 16 heavy (non-hydrogen) atoms. The molecular weight excluding hydrogens is 220 g/mol. The normalized spacial score (nSPS) is 17.9. The van der Waals surface area contributed by atoms with Crippen molar-refractivity contribution in [3.8, 4) is 0 Å². The van der Waals surface area contributed by atoms with Crippen molar-refractivity contribution in [2.24, 2.45) is 5.92 Å². The first-order valence-corrected chi connectivity index (χ1v) is 6.62. The van der Waals surface area contributed by atoms with E-state index in [0.717, 1.165) is 12.8 Å². The van der Waals surface area contributed by atoms with Gasteiger partial charge in [-0.3, -0.25) is 4.79 Å². The van der Waals surface area contributed by atoms with E-state index >= 15 is 0 Å². The highest BCUT2D eigenvalue weighted by molar-refractivity contribution is 7.80. The summed E-state index contributed by atoms with van der Waals surface area (Å²) >= 11 is 5.13. The van der Waals surface area contributed by atoms with Crippen LogP contribution in [-0.2, 0) is 4.79 Å². The number of hydrogen-bond donors (Lipinski definition) is 2. The summed E-state index contributed by atoms with van der Waals surface area (Å²) in [4.78, 5) is 11.4. The Labute approximate surface area is 103 Å². The number of thiocarbonyl (C=S) groups is 1. The zero-order chi connectivity index (χ0) is 12.0. The fourth-order valence-electron chi connectivity index (χ4n) is 1.90. The minimum Gasteiger partial charge on any atom is -0.360 e. The maximum Gasteiger partial charge on any atom is 0.228 e. The van der Waals surface area contributed by atoms with Crippen LogP contribution < -0.4 is 10.6 Å². The van der Waals surface area contributed by atoms with E-state index < -0.39 is 0 Å². The Balaban J connectivity index is 2.29. The van der Waals surface area contributed by atoms with Gasteiger partial charge in [-0.25, -0.2) is 0 Å². The molecule has 3 nitrogen and oxygen atoms in total. The van der Waals surface area contributed by atoms with Crippen molar-refractivity contribution in [3.05, 3.63) is 0 Å². The molecule has 0 bridgehead atoms. The summed E-state index contributed by atoms with van der Waals surface area (Å²) < 4.78 is 0. The van der Waals surface area contributed by atoms with E-state index in [0.29, 0.717) is 11.2 Å². The van der Waals surface area contributed by atoms with Gasteiger partial charge in [-0.15, -0.1) is 0 Å². The van der Waals surface area contributed by atoms with Gasteiger partial charge >= 0.3 is 0 Å². The molecule has 0 aromatic carbocycles. The Morgan fingerprint density at radius 3 is 2.25 bits per heavy atom. The summed E-state index contributed by atoms with van der Waals surface area (Å²) in [6.07, 6.45) is 7.50. The molecule has 0 aromatic heterocycles. The molecule has 0 radical (unpaired) electrons. The summed E-state index contributed by atoms with van der Waals surface area (Å²) in [6, 6.07) is 0.447. The van der Waals surface area contributed by atoms with Gasteiger partial charge in [0.15, 0.2) is 5.11 Å². The first-order chi connectivity index (χ1) is 7.59. The van der Waals surface area contributed by atoms with Crippen molar-refractivity contribution in [1.29, 1.82) is 0 Å². The number of rotatable bonds is 2. The van der Waals surface area contributed by atoms with E-state index in [9.17, 15) is 4.79 Å². The Kier molecular flexibility index (Phi) is 5.74. The smallest absolute Gasteiger partial charge is 0.228 e. The van der Waals surface area contributed by atoms with Crippen LogP contribution in [0, 0.1) is 5.92 Å². The molecule has 4 heteroatoms. The summed E-state index contributed by atoms with van der Waals surface area (Å²) in [6.45, 7) is 3.73. The Hall–Kier alpha value is -0.640. The van der Waals surface area contributed by atoms with Gasteiger partial charge in [-0.05, 0) is 25.1 Å². The van der Waals surface area contributed by atoms with Gasteiger partial charge in [0.25, 0.3) is 0 Å². The lowest BCUT2D eigenvalue weighted by atomic mass is 10.1. The molecule has 1 saturated carbocycles. The Morgan fingerprint density at radius 2 is 1.75 bits per heavy atom. The number of carbonyl (C=O) groups excluding carboxylic acids is 1. The fraction of sp³-hybridized carbons (Fsp3) is 0.833. The fourth-order valence-corrected chi connectivity index (χ4v) is 2.17. The summed E-state index contributed by atoms with van der Waals surface area (Å²) in [7, 11) is 0. The van der Waals surface area contributed by atoms with Crippen LogP contribution in [0.2, 0.25) is 0 Å². The molecule has 1 aliphatic rings. The highest BCUT2D eigenvalue weighted by atomic mass is 32.1. The minimum absolute atomic E-state index is 0.00822. The molecule has 1 aliphatic carbocycles. The topological polar surface area (TPSA) is 41.1 Å². The van der Waals surface area contributed by atoms with Gasteiger partial charge in [-0.1, -0.05) is 39.5 Å². The van der Waals surface area contributed by atoms with Crippen LogP contribution in [0.3, 0.4) is 0 Å². The SMILES string of the molecule is CC(C)C(=O)NC(=S)NC1CCCCCC1. The van der Waals surface area contributed by atoms with Crippen LogP contribution in [0.5, 0.6) is 0 Å². The van der Waals surface area contributed by atoms with Gasteiger partial charge < -0.3 is 10.6 Å². The molecule has 0 heterocycles. The highest BCUT2D eigenvalue weighted by Crippen LogP contribution is 2.16. The van der Waals surface area contributed by atoms with Gasteiger partial charge in [0.05, 0.1) is 0 Å². The van der Waals surface area contributed by atoms with Crippen molar-refractivity contribution >= 4 is 23.2 Å². The lowest BCUT2D eigenvalue weighted by Crippen LogP contribution is -2.45. The number of carbonyl (C=O) groups is 1. The molecule has 92 valence electrons. The molecule has 1 fully saturated rings. The third-order valence-electron chi connectivity index (χ3n) is 2.95. The first-order valence-electron chi connectivity index (χ1n) is 6.21. The van der Waals surface area contributed by atoms with Crippen molar-refractivity contribution in [2.45, 2.75) is 58.4 Å². The summed E-state index contributed by atoms with van der Waals surface area (Å²) in [5.74, 6) is -0.0278. The summed E-state index contributed by atoms with van der Waals surface area (Å²) in [5.41, 5.74) is 0. The molecule has 0 aromatic rings. The number of amides is 1. The van der Waals surface area contributed by atoms with Crippen LogP contribution in [-0.4, -0.2) is 17.1 Å². The maximum atomic E-state index is 11.4. The van der Waals surface area contributed by atoms with E-state index in [1.807, 2.05) is 13.8 Å². The van der Waals surface area contributed by atoms with E-state index in [-0.39, 0.29) is 11.8 Å². The number of hydrogen-bond acceptors (Lipinski definition) is 2. The molecule has 0 spiro atoms. The van der Waals surface area contributed by atoms with Crippen LogP contribution in [0.4, 0.5) is 0 Å². The van der Waals surface area contributed by atoms with Gasteiger partial charge in [-0.2, -0.15) is 0 Å². The highest BCUT2D eigenvalue weighted by Gasteiger charge is 2.14. The Bertz CT molecular complexity index is 245. The average Bonchev–Trinajstić information content (AvgIpc) is 2.45. The predicted molar refractivity (Wildman–Crippen MR) is 70.2 cm³/mol. The zero-order valence-electron chi connectivity index (χ0n) is 10.2. The summed E-state index contributed by atoms with van der Waals surface area (Å²) in [5, 5.41) is 6.46. The van der Waals surface area contributed by atoms with Crippen molar-refractivity contribution in [3.63, 3.8) is 0 Å². The minimum atomic E-state index is -0.0196. The Morgan fingerprint density at radius 1 is 1.19 bits per heavy atom. The standard InChI is InChI=1S/C12H22N2OS/c1-9(2)11(15)14-12(16)13-10-7-5-3-4-6-8-10/h9-10H,3-8H2,1-2H3,(H2,13,14,15,16). The second kappa shape index (κ2) is 6.84. The number of nitrogens with one attached hydrogen (secondary N) is 2. The molecule has 0 unspecified atom stereocenters. The van der Waals surface area contributed by atoms with E-state index in [2.05, 4.69) is 10.6 Å². The monoisotopic (exact) mass is 242 g/mol. The molecule has 0 aliphatic heterocycles. The van der Waals surface area contributed by atoms with Crippen molar-refractivity contribution in [1.82, 2.24) is 10.6 Å². The van der Waals surface area contributed by atoms with E-state index in [1.165, 1.54) is 25.7 Å². The van der Waals surface area contributed by atoms with Crippen LogP contribution in [0.25, 0.3) is 0 Å². The van der Waals surface area contributed by atoms with Gasteiger partial charge in [0.1, 0.15) is 0 Å². The maximum absolute atomic E-state index is 11.4.